The summed E-state index contributed by atoms with van der Waals surface area (Å²) in [6, 6.07) is 14.0. The number of fused-ring (bicyclic) bond motifs is 2. The van der Waals surface area contributed by atoms with Gasteiger partial charge in [-0.15, -0.1) is 11.3 Å². The van der Waals surface area contributed by atoms with Crippen molar-refractivity contribution in [2.45, 2.75) is 0 Å². The fourth-order valence-electron chi connectivity index (χ4n) is 3.57. The van der Waals surface area contributed by atoms with E-state index in [1.165, 1.54) is 11.3 Å². The van der Waals surface area contributed by atoms with Crippen molar-refractivity contribution < 1.29 is 23.8 Å². The van der Waals surface area contributed by atoms with Crippen LogP contribution in [-0.4, -0.2) is 23.4 Å². The maximum Gasteiger partial charge on any atom is 0.353 e. The topological polar surface area (TPSA) is 66.8 Å². The molecule has 0 saturated carbocycles. The number of aryl methyl sites for hydroxylation is 1. The van der Waals surface area contributed by atoms with Crippen LogP contribution in [0.5, 0.6) is 17.2 Å². The molecule has 0 radical (unpaired) electrons. The number of hydrogen-bond acceptors (Lipinski definition) is 6. The van der Waals surface area contributed by atoms with Gasteiger partial charge in [0.15, 0.2) is 5.76 Å². The maximum atomic E-state index is 12.9. The van der Waals surface area contributed by atoms with E-state index >= 15 is 0 Å². The number of allylic oxidation sites excluding steroid dienone is 1. The Labute approximate surface area is 181 Å². The number of benzene rings is 2. The smallest absolute Gasteiger partial charge is 0.353 e. The summed E-state index contributed by atoms with van der Waals surface area (Å²) in [6.45, 7) is 0. The molecule has 7 heteroatoms. The summed E-state index contributed by atoms with van der Waals surface area (Å²) in [5.74, 6) is 0.974. The summed E-state index contributed by atoms with van der Waals surface area (Å²) in [5, 5.41) is 2.76. The number of ether oxygens (including phenoxy) is 3. The number of carbonyl (C=O) groups is 2. The first-order valence-corrected chi connectivity index (χ1v) is 10.4. The molecular formula is C24H17NO5S. The molecule has 0 spiro atoms. The minimum atomic E-state index is -0.445. The fraction of sp³-hybridized carbons (Fsp3) is 0.0833. The number of aromatic nitrogens is 1. The van der Waals surface area contributed by atoms with Gasteiger partial charge in [0.1, 0.15) is 22.1 Å². The molecule has 31 heavy (non-hydrogen) atoms. The van der Waals surface area contributed by atoms with Crippen molar-refractivity contribution in [3.05, 3.63) is 81.9 Å². The van der Waals surface area contributed by atoms with Crippen LogP contribution in [0.3, 0.4) is 0 Å². The average Bonchev–Trinajstić information content (AvgIpc) is 3.48. The predicted molar refractivity (Wildman–Crippen MR) is 118 cm³/mol. The summed E-state index contributed by atoms with van der Waals surface area (Å²) in [4.78, 5) is 25.5. The lowest BCUT2D eigenvalue weighted by Gasteiger charge is -2.04. The molecule has 0 amide bonds. The maximum absolute atomic E-state index is 12.9. The van der Waals surface area contributed by atoms with Crippen molar-refractivity contribution in [2.75, 3.05) is 7.11 Å². The highest BCUT2D eigenvalue weighted by Gasteiger charge is 2.28. The van der Waals surface area contributed by atoms with Gasteiger partial charge in [-0.3, -0.25) is 4.79 Å². The molecule has 5 rings (SSSR count). The highest BCUT2D eigenvalue weighted by atomic mass is 32.1. The minimum absolute atomic E-state index is 0.215. The number of esters is 1. The van der Waals surface area contributed by atoms with Gasteiger partial charge in [-0.05, 0) is 47.9 Å². The molecule has 4 aromatic rings. The first-order valence-electron chi connectivity index (χ1n) is 9.50. The van der Waals surface area contributed by atoms with Crippen LogP contribution in [0.25, 0.3) is 17.0 Å². The van der Waals surface area contributed by atoms with Gasteiger partial charge in [0, 0.05) is 35.8 Å². The molecule has 3 heterocycles. The van der Waals surface area contributed by atoms with E-state index in [0.717, 1.165) is 22.2 Å². The molecular weight excluding hydrogens is 414 g/mol. The van der Waals surface area contributed by atoms with E-state index in [-0.39, 0.29) is 11.5 Å². The Kier molecular flexibility index (Phi) is 4.60. The molecule has 154 valence electrons. The zero-order valence-corrected chi connectivity index (χ0v) is 17.6. The van der Waals surface area contributed by atoms with Crippen LogP contribution < -0.4 is 14.2 Å². The number of thiophene rings is 1. The zero-order valence-electron chi connectivity index (χ0n) is 16.7. The fourth-order valence-corrected chi connectivity index (χ4v) is 4.17. The molecule has 2 aromatic heterocycles. The number of rotatable bonds is 4. The van der Waals surface area contributed by atoms with Crippen LogP contribution in [0.15, 0.2) is 65.9 Å². The predicted octanol–water partition coefficient (Wildman–Crippen LogP) is 5.08. The summed E-state index contributed by atoms with van der Waals surface area (Å²) >= 11 is 1.30. The van der Waals surface area contributed by atoms with Gasteiger partial charge in [0.2, 0.25) is 5.78 Å². The van der Waals surface area contributed by atoms with Gasteiger partial charge < -0.3 is 18.8 Å². The first kappa shape index (κ1) is 19.1. The summed E-state index contributed by atoms with van der Waals surface area (Å²) < 4.78 is 18.5. The standard InChI is InChI=1S/C24H17NO5S/c1-25-13-14(18-11-15(28-2)6-8-19(18)25)10-21-23(26)17-7-5-16(12-20(17)30-21)29-24(27)22-4-3-9-31-22/h3-13H,1-2H3. The van der Waals surface area contributed by atoms with Crippen LogP contribution in [0, 0.1) is 0 Å². The Morgan fingerprint density at radius 2 is 1.97 bits per heavy atom. The third-order valence-electron chi connectivity index (χ3n) is 5.09. The number of carbonyl (C=O) groups excluding carboxylic acids is 2. The summed E-state index contributed by atoms with van der Waals surface area (Å²) in [5.41, 5.74) is 2.29. The van der Waals surface area contributed by atoms with Gasteiger partial charge in [0.05, 0.1) is 12.7 Å². The monoisotopic (exact) mass is 431 g/mol. The van der Waals surface area contributed by atoms with Crippen molar-refractivity contribution in [2.24, 2.45) is 7.05 Å². The molecule has 0 unspecified atom stereocenters. The second-order valence-corrected chi connectivity index (χ2v) is 7.99. The molecule has 0 atom stereocenters. The Morgan fingerprint density at radius 1 is 1.13 bits per heavy atom. The minimum Gasteiger partial charge on any atom is -0.497 e. The second kappa shape index (κ2) is 7.45. The Hall–Kier alpha value is -3.84. The third kappa shape index (κ3) is 3.39. The molecule has 0 bridgehead atoms. The molecule has 2 aromatic carbocycles. The lowest BCUT2D eigenvalue weighted by atomic mass is 10.1. The van der Waals surface area contributed by atoms with Crippen molar-refractivity contribution in [1.82, 2.24) is 4.57 Å². The van der Waals surface area contributed by atoms with E-state index in [1.807, 2.05) is 36.0 Å². The lowest BCUT2D eigenvalue weighted by molar-refractivity contribution is 0.0739. The normalized spacial score (nSPS) is 14.0. The van der Waals surface area contributed by atoms with Gasteiger partial charge in [-0.2, -0.15) is 0 Å². The average molecular weight is 431 g/mol. The molecule has 6 nitrogen and oxygen atoms in total. The number of methoxy groups -OCH3 is 1. The Balaban J connectivity index is 1.45. The van der Waals surface area contributed by atoms with E-state index in [1.54, 1.807) is 48.9 Å². The molecule has 0 saturated heterocycles. The van der Waals surface area contributed by atoms with Gasteiger partial charge in [-0.1, -0.05) is 6.07 Å². The highest BCUT2D eigenvalue weighted by Crippen LogP contribution is 2.36. The molecule has 0 N–H and O–H groups in total. The van der Waals surface area contributed by atoms with E-state index < -0.39 is 5.97 Å². The molecule has 0 aliphatic carbocycles. The van der Waals surface area contributed by atoms with Gasteiger partial charge in [0.25, 0.3) is 0 Å². The summed E-state index contributed by atoms with van der Waals surface area (Å²) in [7, 11) is 3.56. The van der Waals surface area contributed by atoms with Crippen molar-refractivity contribution in [3.63, 3.8) is 0 Å². The van der Waals surface area contributed by atoms with Gasteiger partial charge >= 0.3 is 5.97 Å². The lowest BCUT2D eigenvalue weighted by Crippen LogP contribution is -2.06. The number of Topliss-reactive ketones (excluding diaryl/α,β-unsaturated/α-hetero) is 1. The third-order valence-corrected chi connectivity index (χ3v) is 5.94. The largest absolute Gasteiger partial charge is 0.497 e. The summed E-state index contributed by atoms with van der Waals surface area (Å²) in [6.07, 6.45) is 3.66. The van der Waals surface area contributed by atoms with Crippen molar-refractivity contribution in [1.29, 1.82) is 0 Å². The van der Waals surface area contributed by atoms with E-state index in [2.05, 4.69) is 0 Å². The number of ketones is 1. The highest BCUT2D eigenvalue weighted by molar-refractivity contribution is 7.12. The van der Waals surface area contributed by atoms with Crippen molar-refractivity contribution >= 4 is 40.1 Å². The number of nitrogens with zero attached hydrogens (tertiary/aromatic N) is 1. The van der Waals surface area contributed by atoms with Crippen molar-refractivity contribution in [3.8, 4) is 17.2 Å². The quantitative estimate of drug-likeness (QED) is 0.256. The van der Waals surface area contributed by atoms with E-state index in [4.69, 9.17) is 14.2 Å². The Bertz CT molecular complexity index is 1360. The number of hydrogen-bond donors (Lipinski definition) is 0. The molecule has 1 aliphatic rings. The SMILES string of the molecule is COc1ccc2c(c1)c(C=C1Oc3cc(OC(=O)c4cccs4)ccc3C1=O)cn2C. The van der Waals surface area contributed by atoms with Crippen LogP contribution in [0.2, 0.25) is 0 Å². The zero-order chi connectivity index (χ0) is 21.5. The molecule has 1 aliphatic heterocycles. The van der Waals surface area contributed by atoms with Crippen LogP contribution >= 0.6 is 11.3 Å². The molecule has 0 fully saturated rings. The van der Waals surface area contributed by atoms with E-state index in [9.17, 15) is 9.59 Å². The van der Waals surface area contributed by atoms with Crippen LogP contribution in [-0.2, 0) is 7.05 Å². The van der Waals surface area contributed by atoms with Gasteiger partial charge in [-0.25, -0.2) is 4.79 Å². The van der Waals surface area contributed by atoms with E-state index in [0.29, 0.717) is 21.9 Å². The van der Waals surface area contributed by atoms with Crippen LogP contribution in [0.1, 0.15) is 25.6 Å². The second-order valence-electron chi connectivity index (χ2n) is 7.04. The Morgan fingerprint density at radius 3 is 2.74 bits per heavy atom. The van der Waals surface area contributed by atoms with Crippen LogP contribution in [0.4, 0.5) is 0 Å². The first-order chi connectivity index (χ1) is 15.0.